The highest BCUT2D eigenvalue weighted by Crippen LogP contribution is 2.14. The highest BCUT2D eigenvalue weighted by molar-refractivity contribution is 7.09. The molecule has 0 spiro atoms. The molecule has 3 aromatic rings. The highest BCUT2D eigenvalue weighted by atomic mass is 32.1. The molecule has 5 nitrogen and oxygen atoms in total. The quantitative estimate of drug-likeness (QED) is 0.780. The van der Waals surface area contributed by atoms with E-state index in [-0.39, 0.29) is 5.91 Å². The van der Waals surface area contributed by atoms with E-state index in [1.807, 2.05) is 49.6 Å². The van der Waals surface area contributed by atoms with Crippen LogP contribution in [0, 0.1) is 13.8 Å². The zero-order valence-corrected chi connectivity index (χ0v) is 13.9. The van der Waals surface area contributed by atoms with Crippen LogP contribution < -0.4 is 5.32 Å². The van der Waals surface area contributed by atoms with E-state index in [4.69, 9.17) is 0 Å². The number of carbonyl (C=O) groups excluding carboxylic acids is 1. The number of nitrogens with one attached hydrogen (secondary N) is 1. The molecule has 1 N–H and O–H groups in total. The molecular formula is C17H18N4OS. The van der Waals surface area contributed by atoms with Gasteiger partial charge in [0.2, 0.25) is 5.91 Å². The van der Waals surface area contributed by atoms with E-state index in [0.29, 0.717) is 12.1 Å². The average molecular weight is 326 g/mol. The van der Waals surface area contributed by atoms with Gasteiger partial charge in [-0.25, -0.2) is 9.67 Å². The van der Waals surface area contributed by atoms with Gasteiger partial charge in [0.05, 0.1) is 17.6 Å². The van der Waals surface area contributed by atoms with Crippen molar-refractivity contribution in [2.75, 3.05) is 5.32 Å². The van der Waals surface area contributed by atoms with Crippen molar-refractivity contribution in [3.8, 4) is 5.82 Å². The Morgan fingerprint density at radius 3 is 2.78 bits per heavy atom. The SMILES string of the molecule is Cc1cc(C)n(-c2ccc(NC(=O)CCc3cccs3)cn2)n1. The van der Waals surface area contributed by atoms with Crippen LogP contribution in [0.2, 0.25) is 0 Å². The smallest absolute Gasteiger partial charge is 0.224 e. The highest BCUT2D eigenvalue weighted by Gasteiger charge is 2.07. The average Bonchev–Trinajstić information content (AvgIpc) is 3.15. The summed E-state index contributed by atoms with van der Waals surface area (Å²) in [5.74, 6) is 0.742. The van der Waals surface area contributed by atoms with Gasteiger partial charge in [-0.15, -0.1) is 11.3 Å². The first-order chi connectivity index (χ1) is 11.1. The Labute approximate surface area is 139 Å². The Morgan fingerprint density at radius 2 is 2.17 bits per heavy atom. The molecule has 3 aromatic heterocycles. The van der Waals surface area contributed by atoms with E-state index < -0.39 is 0 Å². The van der Waals surface area contributed by atoms with Gasteiger partial charge in [-0.2, -0.15) is 5.10 Å². The second kappa shape index (κ2) is 6.75. The van der Waals surface area contributed by atoms with Crippen molar-refractivity contribution in [3.05, 3.63) is 58.2 Å². The molecule has 1 amide bonds. The first kappa shape index (κ1) is 15.4. The van der Waals surface area contributed by atoms with Gasteiger partial charge in [-0.1, -0.05) is 6.07 Å². The van der Waals surface area contributed by atoms with Crippen LogP contribution in [0.3, 0.4) is 0 Å². The summed E-state index contributed by atoms with van der Waals surface area (Å²) in [5.41, 5.74) is 2.68. The number of hydrogen-bond acceptors (Lipinski definition) is 4. The third-order valence-corrected chi connectivity index (χ3v) is 4.37. The van der Waals surface area contributed by atoms with Gasteiger partial charge in [0, 0.05) is 17.0 Å². The third-order valence-electron chi connectivity index (χ3n) is 3.44. The van der Waals surface area contributed by atoms with Crippen LogP contribution in [0.15, 0.2) is 41.9 Å². The number of aromatic nitrogens is 3. The van der Waals surface area contributed by atoms with E-state index in [9.17, 15) is 4.79 Å². The van der Waals surface area contributed by atoms with Crippen molar-refractivity contribution >= 4 is 22.9 Å². The first-order valence-corrected chi connectivity index (χ1v) is 8.32. The molecule has 118 valence electrons. The van der Waals surface area contributed by atoms with E-state index in [0.717, 1.165) is 23.6 Å². The van der Waals surface area contributed by atoms with Gasteiger partial charge < -0.3 is 5.32 Å². The summed E-state index contributed by atoms with van der Waals surface area (Å²) < 4.78 is 1.79. The molecule has 3 rings (SSSR count). The fourth-order valence-corrected chi connectivity index (χ4v) is 3.07. The molecule has 0 saturated heterocycles. The van der Waals surface area contributed by atoms with Gasteiger partial charge in [0.1, 0.15) is 0 Å². The molecule has 23 heavy (non-hydrogen) atoms. The minimum atomic E-state index is -0.000867. The summed E-state index contributed by atoms with van der Waals surface area (Å²) in [6, 6.07) is 9.75. The molecule has 0 fully saturated rings. The normalized spacial score (nSPS) is 10.7. The maximum atomic E-state index is 12.0. The summed E-state index contributed by atoms with van der Waals surface area (Å²) >= 11 is 1.67. The van der Waals surface area contributed by atoms with Gasteiger partial charge in [-0.05, 0) is 49.9 Å². The lowest BCUT2D eigenvalue weighted by Gasteiger charge is -2.07. The van der Waals surface area contributed by atoms with Crippen LogP contribution in [0.25, 0.3) is 5.82 Å². The van der Waals surface area contributed by atoms with Crippen LogP contribution in [0.5, 0.6) is 0 Å². The number of nitrogens with zero attached hydrogens (tertiary/aromatic N) is 3. The molecular weight excluding hydrogens is 308 g/mol. The zero-order valence-electron chi connectivity index (χ0n) is 13.1. The minimum absolute atomic E-state index is 0.000867. The van der Waals surface area contributed by atoms with E-state index in [1.165, 1.54) is 4.88 Å². The maximum Gasteiger partial charge on any atom is 0.224 e. The summed E-state index contributed by atoms with van der Waals surface area (Å²) in [7, 11) is 0. The fraction of sp³-hybridized carbons (Fsp3) is 0.235. The Balaban J connectivity index is 1.61. The van der Waals surface area contributed by atoms with E-state index in [2.05, 4.69) is 15.4 Å². The lowest BCUT2D eigenvalue weighted by atomic mass is 10.2. The third kappa shape index (κ3) is 3.84. The Hall–Kier alpha value is -2.47. The standard InChI is InChI=1S/C17H18N4OS/c1-12-10-13(2)21(20-12)16-7-5-14(11-18-16)19-17(22)8-6-15-4-3-9-23-15/h3-5,7,9-11H,6,8H2,1-2H3,(H,19,22). The minimum Gasteiger partial charge on any atom is -0.325 e. The summed E-state index contributed by atoms with van der Waals surface area (Å²) in [6.07, 6.45) is 2.90. The molecule has 0 radical (unpaired) electrons. The van der Waals surface area contributed by atoms with Crippen molar-refractivity contribution in [3.63, 3.8) is 0 Å². The van der Waals surface area contributed by atoms with Crippen molar-refractivity contribution in [1.82, 2.24) is 14.8 Å². The van der Waals surface area contributed by atoms with Crippen LogP contribution in [-0.4, -0.2) is 20.7 Å². The van der Waals surface area contributed by atoms with Crippen molar-refractivity contribution in [2.24, 2.45) is 0 Å². The number of anilines is 1. The molecule has 6 heteroatoms. The predicted octanol–water partition coefficient (Wildman–Crippen LogP) is 3.52. The Morgan fingerprint density at radius 1 is 1.30 bits per heavy atom. The molecule has 0 aromatic carbocycles. The fourth-order valence-electron chi connectivity index (χ4n) is 2.36. The zero-order chi connectivity index (χ0) is 16.2. The van der Waals surface area contributed by atoms with Crippen LogP contribution >= 0.6 is 11.3 Å². The maximum absolute atomic E-state index is 12.0. The number of carbonyl (C=O) groups is 1. The number of aryl methyl sites for hydroxylation is 3. The summed E-state index contributed by atoms with van der Waals surface area (Å²) in [4.78, 5) is 17.6. The largest absolute Gasteiger partial charge is 0.325 e. The Kier molecular flexibility index (Phi) is 4.52. The number of thiophene rings is 1. The summed E-state index contributed by atoms with van der Waals surface area (Å²) in [6.45, 7) is 3.94. The number of pyridine rings is 1. The molecule has 0 bridgehead atoms. The summed E-state index contributed by atoms with van der Waals surface area (Å²) in [5, 5.41) is 9.30. The molecule has 0 atom stereocenters. The molecule has 0 aliphatic heterocycles. The second-order valence-electron chi connectivity index (χ2n) is 5.37. The Bertz CT molecular complexity index is 791. The molecule has 0 unspecified atom stereocenters. The van der Waals surface area contributed by atoms with Crippen molar-refractivity contribution < 1.29 is 4.79 Å². The molecule has 0 aliphatic rings. The molecule has 3 heterocycles. The van der Waals surface area contributed by atoms with Crippen LogP contribution in [-0.2, 0) is 11.2 Å². The topological polar surface area (TPSA) is 59.8 Å². The second-order valence-corrected chi connectivity index (χ2v) is 6.40. The van der Waals surface area contributed by atoms with Crippen LogP contribution in [0.4, 0.5) is 5.69 Å². The van der Waals surface area contributed by atoms with Crippen molar-refractivity contribution in [1.29, 1.82) is 0 Å². The van der Waals surface area contributed by atoms with Gasteiger partial charge in [-0.3, -0.25) is 4.79 Å². The van der Waals surface area contributed by atoms with Gasteiger partial charge in [0.25, 0.3) is 0 Å². The van der Waals surface area contributed by atoms with Gasteiger partial charge >= 0.3 is 0 Å². The van der Waals surface area contributed by atoms with Crippen molar-refractivity contribution in [2.45, 2.75) is 26.7 Å². The van der Waals surface area contributed by atoms with Crippen LogP contribution in [0.1, 0.15) is 22.7 Å². The van der Waals surface area contributed by atoms with Gasteiger partial charge in [0.15, 0.2) is 5.82 Å². The first-order valence-electron chi connectivity index (χ1n) is 7.44. The molecule has 0 saturated carbocycles. The van der Waals surface area contributed by atoms with E-state index in [1.54, 1.807) is 22.2 Å². The lowest BCUT2D eigenvalue weighted by Crippen LogP contribution is -2.12. The molecule has 0 aliphatic carbocycles. The predicted molar refractivity (Wildman–Crippen MR) is 92.1 cm³/mol. The number of hydrogen-bond donors (Lipinski definition) is 1. The number of rotatable bonds is 5. The monoisotopic (exact) mass is 326 g/mol. The lowest BCUT2D eigenvalue weighted by molar-refractivity contribution is -0.116. The number of amides is 1. The van der Waals surface area contributed by atoms with E-state index >= 15 is 0 Å².